The smallest absolute Gasteiger partial charge is 0.214 e. The van der Waals surface area contributed by atoms with Crippen LogP contribution in [-0.4, -0.2) is 5.91 Å². The van der Waals surface area contributed by atoms with Gasteiger partial charge in [0, 0.05) is 18.2 Å². The second-order valence-electron chi connectivity index (χ2n) is 2.29. The van der Waals surface area contributed by atoms with Gasteiger partial charge in [-0.05, 0) is 5.56 Å². The highest BCUT2D eigenvalue weighted by Crippen LogP contribution is 1.95. The highest BCUT2D eigenvalue weighted by molar-refractivity contribution is 5.78. The Morgan fingerprint density at radius 3 is 2.33 bits per heavy atom. The van der Waals surface area contributed by atoms with E-state index >= 15 is 0 Å². The molecule has 1 aromatic rings. The molecule has 0 saturated carbocycles. The normalized spacial score (nSPS) is 9.00. The molecule has 2 heteroatoms. The van der Waals surface area contributed by atoms with E-state index in [0.717, 1.165) is 5.56 Å². The zero-order valence-corrected chi connectivity index (χ0v) is 6.73. The van der Waals surface area contributed by atoms with Gasteiger partial charge in [-0.3, -0.25) is 0 Å². The SMILES string of the molecule is C=CC(=O)[n+]1ccc(C=C)cc1. The fourth-order valence-corrected chi connectivity index (χ4v) is 0.826. The van der Waals surface area contributed by atoms with Crippen LogP contribution >= 0.6 is 0 Å². The van der Waals surface area contributed by atoms with Gasteiger partial charge in [0.25, 0.3) is 0 Å². The molecule has 0 aliphatic heterocycles. The van der Waals surface area contributed by atoms with Crippen LogP contribution in [0.3, 0.4) is 0 Å². The summed E-state index contributed by atoms with van der Waals surface area (Å²) in [4.78, 5) is 11.0. The Bertz CT molecular complexity index is 311. The van der Waals surface area contributed by atoms with Gasteiger partial charge in [-0.1, -0.05) is 19.2 Å². The first kappa shape index (κ1) is 8.40. The van der Waals surface area contributed by atoms with Crippen LogP contribution in [-0.2, 0) is 0 Å². The standard InChI is InChI=1S/C10H10NO/c1-3-9-5-7-11(8-6-9)10(12)4-2/h3-8H,1-2H2/q+1. The maximum absolute atomic E-state index is 11.0. The lowest BCUT2D eigenvalue weighted by Crippen LogP contribution is -2.39. The number of carbonyl (C=O) groups excluding carboxylic acids is 1. The molecule has 0 bridgehead atoms. The molecule has 0 fully saturated rings. The monoisotopic (exact) mass is 160 g/mol. The molecule has 60 valence electrons. The Hall–Kier alpha value is -1.70. The first-order valence-electron chi connectivity index (χ1n) is 3.58. The zero-order valence-electron chi connectivity index (χ0n) is 6.73. The molecule has 0 radical (unpaired) electrons. The van der Waals surface area contributed by atoms with Crippen LogP contribution < -0.4 is 4.57 Å². The van der Waals surface area contributed by atoms with Crippen LogP contribution in [0.15, 0.2) is 43.8 Å². The Balaban J connectivity index is 2.99. The molecule has 2 nitrogen and oxygen atoms in total. The minimum absolute atomic E-state index is 0.134. The third kappa shape index (κ3) is 1.66. The van der Waals surface area contributed by atoms with Gasteiger partial charge in [0.05, 0.1) is 0 Å². The summed E-state index contributed by atoms with van der Waals surface area (Å²) in [6.45, 7) is 7.00. The topological polar surface area (TPSA) is 20.9 Å². The maximum atomic E-state index is 11.0. The second-order valence-corrected chi connectivity index (χ2v) is 2.29. The molecule has 0 aromatic carbocycles. The summed E-state index contributed by atoms with van der Waals surface area (Å²) < 4.78 is 1.46. The molecular weight excluding hydrogens is 150 g/mol. The summed E-state index contributed by atoms with van der Waals surface area (Å²) in [5.41, 5.74) is 0.989. The quantitative estimate of drug-likeness (QED) is 0.473. The number of pyridine rings is 1. The number of aromatic nitrogens is 1. The first-order chi connectivity index (χ1) is 5.77. The molecule has 12 heavy (non-hydrogen) atoms. The summed E-state index contributed by atoms with van der Waals surface area (Å²) in [5.74, 6) is -0.134. The van der Waals surface area contributed by atoms with Gasteiger partial charge < -0.3 is 0 Å². The van der Waals surface area contributed by atoms with E-state index in [9.17, 15) is 4.79 Å². The van der Waals surface area contributed by atoms with Gasteiger partial charge in [0.15, 0.2) is 12.4 Å². The minimum Gasteiger partial charge on any atom is -0.214 e. The van der Waals surface area contributed by atoms with Crippen molar-refractivity contribution in [1.29, 1.82) is 0 Å². The van der Waals surface area contributed by atoms with Crippen molar-refractivity contribution >= 4 is 12.0 Å². The molecule has 1 aromatic heterocycles. The zero-order chi connectivity index (χ0) is 8.97. The molecule has 0 aliphatic carbocycles. The van der Waals surface area contributed by atoms with E-state index < -0.39 is 0 Å². The number of carbonyl (C=O) groups is 1. The van der Waals surface area contributed by atoms with Crippen LogP contribution in [0.2, 0.25) is 0 Å². The Kier molecular flexibility index (Phi) is 2.53. The summed E-state index contributed by atoms with van der Waals surface area (Å²) in [7, 11) is 0. The minimum atomic E-state index is -0.134. The lowest BCUT2D eigenvalue weighted by Gasteiger charge is -1.89. The van der Waals surface area contributed by atoms with Crippen molar-refractivity contribution in [2.24, 2.45) is 0 Å². The van der Waals surface area contributed by atoms with E-state index in [4.69, 9.17) is 0 Å². The van der Waals surface area contributed by atoms with Crippen LogP contribution in [0.25, 0.3) is 6.08 Å². The lowest BCUT2D eigenvalue weighted by molar-refractivity contribution is -0.570. The molecule has 1 heterocycles. The van der Waals surface area contributed by atoms with Gasteiger partial charge in [0.2, 0.25) is 0 Å². The van der Waals surface area contributed by atoms with E-state index in [1.807, 2.05) is 12.1 Å². The number of nitrogens with zero attached hydrogens (tertiary/aromatic N) is 1. The van der Waals surface area contributed by atoms with E-state index in [1.165, 1.54) is 10.6 Å². The van der Waals surface area contributed by atoms with E-state index in [1.54, 1.807) is 18.5 Å². The highest BCUT2D eigenvalue weighted by Gasteiger charge is 2.06. The number of hydrogen-bond donors (Lipinski definition) is 0. The summed E-state index contributed by atoms with van der Waals surface area (Å²) in [6, 6.07) is 3.63. The van der Waals surface area contributed by atoms with Gasteiger partial charge in [0.1, 0.15) is 0 Å². The fraction of sp³-hybridized carbons (Fsp3) is 0. The average molecular weight is 160 g/mol. The molecule has 0 N–H and O–H groups in total. The predicted molar refractivity (Wildman–Crippen MR) is 47.6 cm³/mol. The molecule has 0 saturated heterocycles. The number of hydrogen-bond acceptors (Lipinski definition) is 1. The van der Waals surface area contributed by atoms with Gasteiger partial charge in [-0.2, -0.15) is 0 Å². The molecular formula is C10H10NO+. The molecule has 0 amide bonds. The van der Waals surface area contributed by atoms with E-state index in [2.05, 4.69) is 13.2 Å². The van der Waals surface area contributed by atoms with Gasteiger partial charge in [-0.25, -0.2) is 4.79 Å². The molecule has 0 atom stereocenters. The van der Waals surface area contributed by atoms with Crippen molar-refractivity contribution in [3.63, 3.8) is 0 Å². The molecule has 0 spiro atoms. The molecule has 0 aliphatic rings. The summed E-state index contributed by atoms with van der Waals surface area (Å²) >= 11 is 0. The lowest BCUT2D eigenvalue weighted by atomic mass is 10.3. The highest BCUT2D eigenvalue weighted by atomic mass is 16.1. The van der Waals surface area contributed by atoms with Crippen molar-refractivity contribution < 1.29 is 9.36 Å². The van der Waals surface area contributed by atoms with Crippen molar-refractivity contribution in [2.75, 3.05) is 0 Å². The first-order valence-corrected chi connectivity index (χ1v) is 3.58. The van der Waals surface area contributed by atoms with E-state index in [0.29, 0.717) is 0 Å². The predicted octanol–water partition coefficient (Wildman–Crippen LogP) is 1.44. The number of allylic oxidation sites excluding steroid dienone is 1. The van der Waals surface area contributed by atoms with Gasteiger partial charge >= 0.3 is 5.91 Å². The maximum Gasteiger partial charge on any atom is 0.416 e. The van der Waals surface area contributed by atoms with Crippen molar-refractivity contribution in [3.8, 4) is 0 Å². The number of rotatable bonds is 2. The van der Waals surface area contributed by atoms with Gasteiger partial charge in [-0.15, -0.1) is 4.57 Å². The second kappa shape index (κ2) is 3.62. The molecule has 0 unspecified atom stereocenters. The van der Waals surface area contributed by atoms with E-state index in [-0.39, 0.29) is 5.91 Å². The third-order valence-corrected chi connectivity index (χ3v) is 1.52. The Labute approximate surface area is 71.5 Å². The molecule has 1 rings (SSSR count). The van der Waals surface area contributed by atoms with Crippen molar-refractivity contribution in [3.05, 3.63) is 49.3 Å². The summed E-state index contributed by atoms with van der Waals surface area (Å²) in [6.07, 6.45) is 6.36. The Morgan fingerprint density at radius 2 is 1.92 bits per heavy atom. The summed E-state index contributed by atoms with van der Waals surface area (Å²) in [5, 5.41) is 0. The van der Waals surface area contributed by atoms with Crippen LogP contribution in [0.4, 0.5) is 0 Å². The Morgan fingerprint density at radius 1 is 1.33 bits per heavy atom. The van der Waals surface area contributed by atoms with Crippen LogP contribution in [0.1, 0.15) is 10.4 Å². The third-order valence-electron chi connectivity index (χ3n) is 1.52. The van der Waals surface area contributed by atoms with Crippen LogP contribution in [0, 0.1) is 0 Å². The van der Waals surface area contributed by atoms with Crippen molar-refractivity contribution in [2.45, 2.75) is 0 Å². The van der Waals surface area contributed by atoms with Crippen molar-refractivity contribution in [1.82, 2.24) is 0 Å². The van der Waals surface area contributed by atoms with Crippen LogP contribution in [0.5, 0.6) is 0 Å². The average Bonchev–Trinajstić information content (AvgIpc) is 2.17. The fourth-order valence-electron chi connectivity index (χ4n) is 0.826. The largest absolute Gasteiger partial charge is 0.416 e.